The third-order valence-corrected chi connectivity index (χ3v) is 4.79. The zero-order valence-corrected chi connectivity index (χ0v) is 13.7. The predicted octanol–water partition coefficient (Wildman–Crippen LogP) is 2.10. The van der Waals surface area contributed by atoms with E-state index in [-0.39, 0.29) is 30.2 Å². The van der Waals surface area contributed by atoms with E-state index in [0.717, 1.165) is 43.7 Å². The Labute approximate surface area is 137 Å². The van der Waals surface area contributed by atoms with Crippen molar-refractivity contribution in [3.8, 4) is 0 Å². The quantitative estimate of drug-likeness (QED) is 0.894. The molecule has 1 aromatic rings. The third kappa shape index (κ3) is 3.72. The first-order valence-electron chi connectivity index (χ1n) is 8.59. The standard InChI is InChI=1S/C18H25N3O2/c1-2-9-21-10-7-13(8-11-21)19-18(23)15-12-17(22)20-16-6-4-3-5-14(15)16/h3-6,13,15H,2,7-12H2,1H3,(H,19,23)(H,20,22). The van der Waals surface area contributed by atoms with Crippen LogP contribution in [0.2, 0.25) is 0 Å². The van der Waals surface area contributed by atoms with Crippen LogP contribution in [0.5, 0.6) is 0 Å². The van der Waals surface area contributed by atoms with Crippen LogP contribution in [0.4, 0.5) is 5.69 Å². The Morgan fingerprint density at radius 1 is 1.30 bits per heavy atom. The van der Waals surface area contributed by atoms with Gasteiger partial charge in [-0.2, -0.15) is 0 Å². The van der Waals surface area contributed by atoms with E-state index in [1.54, 1.807) is 0 Å². The fraction of sp³-hybridized carbons (Fsp3) is 0.556. The fourth-order valence-corrected chi connectivity index (χ4v) is 3.56. The average Bonchev–Trinajstić information content (AvgIpc) is 2.56. The van der Waals surface area contributed by atoms with Gasteiger partial charge in [0.1, 0.15) is 0 Å². The molecule has 2 N–H and O–H groups in total. The molecule has 2 heterocycles. The number of nitrogens with one attached hydrogen (secondary N) is 2. The van der Waals surface area contributed by atoms with E-state index < -0.39 is 0 Å². The Bertz CT molecular complexity index is 579. The normalized spacial score (nSPS) is 22.3. The van der Waals surface area contributed by atoms with Crippen LogP contribution in [0.3, 0.4) is 0 Å². The van der Waals surface area contributed by atoms with Crippen LogP contribution >= 0.6 is 0 Å². The summed E-state index contributed by atoms with van der Waals surface area (Å²) in [5.41, 5.74) is 1.69. The number of para-hydroxylation sites is 1. The van der Waals surface area contributed by atoms with Crippen LogP contribution in [0, 0.1) is 0 Å². The number of hydrogen-bond acceptors (Lipinski definition) is 3. The van der Waals surface area contributed by atoms with Gasteiger partial charge in [-0.25, -0.2) is 0 Å². The van der Waals surface area contributed by atoms with E-state index in [9.17, 15) is 9.59 Å². The second-order valence-electron chi connectivity index (χ2n) is 6.52. The van der Waals surface area contributed by atoms with E-state index in [1.807, 2.05) is 24.3 Å². The first-order chi connectivity index (χ1) is 11.2. The van der Waals surface area contributed by atoms with Crippen molar-refractivity contribution in [3.63, 3.8) is 0 Å². The van der Waals surface area contributed by atoms with Gasteiger partial charge in [0.15, 0.2) is 0 Å². The molecular weight excluding hydrogens is 290 g/mol. The summed E-state index contributed by atoms with van der Waals surface area (Å²) in [6.07, 6.45) is 3.39. The Balaban J connectivity index is 1.62. The molecule has 5 nitrogen and oxygen atoms in total. The Morgan fingerprint density at radius 3 is 2.78 bits per heavy atom. The summed E-state index contributed by atoms with van der Waals surface area (Å²) in [7, 11) is 0. The number of nitrogens with zero attached hydrogens (tertiary/aromatic N) is 1. The molecule has 0 radical (unpaired) electrons. The summed E-state index contributed by atoms with van der Waals surface area (Å²) in [5, 5.41) is 6.01. The predicted molar refractivity (Wildman–Crippen MR) is 90.3 cm³/mol. The summed E-state index contributed by atoms with van der Waals surface area (Å²) < 4.78 is 0. The first kappa shape index (κ1) is 16.0. The maximum Gasteiger partial charge on any atom is 0.228 e. The van der Waals surface area contributed by atoms with Crippen molar-refractivity contribution in [3.05, 3.63) is 29.8 Å². The number of fused-ring (bicyclic) bond motifs is 1. The van der Waals surface area contributed by atoms with Crippen LogP contribution in [-0.2, 0) is 9.59 Å². The van der Waals surface area contributed by atoms with Gasteiger partial charge in [0, 0.05) is 31.2 Å². The average molecular weight is 315 g/mol. The minimum absolute atomic E-state index is 0.0127. The van der Waals surface area contributed by atoms with Gasteiger partial charge in [-0.3, -0.25) is 9.59 Å². The van der Waals surface area contributed by atoms with Gasteiger partial charge in [0.2, 0.25) is 11.8 Å². The molecule has 2 aliphatic rings. The first-order valence-corrected chi connectivity index (χ1v) is 8.59. The number of carbonyl (C=O) groups is 2. The summed E-state index contributed by atoms with van der Waals surface area (Å²) in [6.45, 7) is 5.41. The summed E-state index contributed by atoms with van der Waals surface area (Å²) in [4.78, 5) is 27.0. The molecule has 0 saturated carbocycles. The molecule has 1 fully saturated rings. The van der Waals surface area contributed by atoms with E-state index in [2.05, 4.69) is 22.5 Å². The van der Waals surface area contributed by atoms with Crippen molar-refractivity contribution in [2.45, 2.75) is 44.6 Å². The van der Waals surface area contributed by atoms with E-state index in [4.69, 9.17) is 0 Å². The molecular formula is C18H25N3O2. The van der Waals surface area contributed by atoms with Gasteiger partial charge in [0.05, 0.1) is 5.92 Å². The number of likely N-dealkylation sites (tertiary alicyclic amines) is 1. The molecule has 0 spiro atoms. The highest BCUT2D eigenvalue weighted by atomic mass is 16.2. The molecule has 1 atom stereocenters. The molecule has 0 aromatic heterocycles. The number of amides is 2. The summed E-state index contributed by atoms with van der Waals surface area (Å²) in [5.74, 6) is -0.462. The lowest BCUT2D eigenvalue weighted by Gasteiger charge is -2.33. The highest BCUT2D eigenvalue weighted by Gasteiger charge is 2.32. The van der Waals surface area contributed by atoms with Gasteiger partial charge < -0.3 is 15.5 Å². The zero-order chi connectivity index (χ0) is 16.2. The second-order valence-corrected chi connectivity index (χ2v) is 6.52. The molecule has 1 aromatic carbocycles. The number of carbonyl (C=O) groups excluding carboxylic acids is 2. The van der Waals surface area contributed by atoms with Crippen LogP contribution in [0.25, 0.3) is 0 Å². The maximum absolute atomic E-state index is 12.7. The van der Waals surface area contributed by atoms with Crippen LogP contribution < -0.4 is 10.6 Å². The Hall–Kier alpha value is -1.88. The van der Waals surface area contributed by atoms with Gasteiger partial charge in [-0.15, -0.1) is 0 Å². The van der Waals surface area contributed by atoms with Crippen molar-refractivity contribution < 1.29 is 9.59 Å². The number of hydrogen-bond donors (Lipinski definition) is 2. The van der Waals surface area contributed by atoms with Gasteiger partial charge in [-0.1, -0.05) is 25.1 Å². The number of benzene rings is 1. The van der Waals surface area contributed by atoms with Crippen molar-refractivity contribution in [1.82, 2.24) is 10.2 Å². The van der Waals surface area contributed by atoms with Gasteiger partial charge in [0.25, 0.3) is 0 Å². The molecule has 1 saturated heterocycles. The lowest BCUT2D eigenvalue weighted by atomic mass is 9.89. The molecule has 23 heavy (non-hydrogen) atoms. The molecule has 2 amide bonds. The fourth-order valence-electron chi connectivity index (χ4n) is 3.56. The second kappa shape index (κ2) is 7.13. The highest BCUT2D eigenvalue weighted by molar-refractivity contribution is 6.01. The lowest BCUT2D eigenvalue weighted by Crippen LogP contribution is -2.46. The Morgan fingerprint density at radius 2 is 2.04 bits per heavy atom. The zero-order valence-electron chi connectivity index (χ0n) is 13.7. The van der Waals surface area contributed by atoms with Crippen molar-refractivity contribution in [1.29, 1.82) is 0 Å². The SMILES string of the molecule is CCCN1CCC(NC(=O)C2CC(=O)Nc3ccccc32)CC1. The molecule has 5 heteroatoms. The van der Waals surface area contributed by atoms with Crippen LogP contribution in [-0.4, -0.2) is 42.4 Å². The van der Waals surface area contributed by atoms with Crippen LogP contribution in [0.1, 0.15) is 44.1 Å². The molecule has 3 rings (SSSR count). The van der Waals surface area contributed by atoms with E-state index in [0.29, 0.717) is 0 Å². The summed E-state index contributed by atoms with van der Waals surface area (Å²) >= 11 is 0. The topological polar surface area (TPSA) is 61.4 Å². The minimum Gasteiger partial charge on any atom is -0.353 e. The maximum atomic E-state index is 12.7. The largest absolute Gasteiger partial charge is 0.353 e. The minimum atomic E-state index is -0.367. The third-order valence-electron chi connectivity index (χ3n) is 4.79. The summed E-state index contributed by atoms with van der Waals surface area (Å²) in [6, 6.07) is 7.81. The molecule has 0 aliphatic carbocycles. The lowest BCUT2D eigenvalue weighted by molar-refractivity contribution is -0.127. The molecule has 1 unspecified atom stereocenters. The number of rotatable bonds is 4. The van der Waals surface area contributed by atoms with E-state index in [1.165, 1.54) is 6.42 Å². The van der Waals surface area contributed by atoms with E-state index >= 15 is 0 Å². The highest BCUT2D eigenvalue weighted by Crippen LogP contribution is 2.32. The van der Waals surface area contributed by atoms with Gasteiger partial charge in [-0.05, 0) is 37.4 Å². The molecule has 2 aliphatic heterocycles. The van der Waals surface area contributed by atoms with Gasteiger partial charge >= 0.3 is 0 Å². The monoisotopic (exact) mass is 315 g/mol. The van der Waals surface area contributed by atoms with Crippen LogP contribution in [0.15, 0.2) is 24.3 Å². The molecule has 0 bridgehead atoms. The number of piperidine rings is 1. The smallest absolute Gasteiger partial charge is 0.228 e. The number of anilines is 1. The van der Waals surface area contributed by atoms with Crippen molar-refractivity contribution in [2.24, 2.45) is 0 Å². The van der Waals surface area contributed by atoms with Crippen molar-refractivity contribution in [2.75, 3.05) is 25.0 Å². The molecule has 124 valence electrons. The Kier molecular flexibility index (Phi) is 4.96. The van der Waals surface area contributed by atoms with Crippen molar-refractivity contribution >= 4 is 17.5 Å².